The van der Waals surface area contributed by atoms with E-state index >= 15 is 0 Å². The summed E-state index contributed by atoms with van der Waals surface area (Å²) < 4.78 is 3.78. The normalized spacial score (nSPS) is 17.9. The van der Waals surface area contributed by atoms with Crippen LogP contribution in [0, 0.1) is 5.92 Å². The van der Waals surface area contributed by atoms with Crippen LogP contribution in [0.3, 0.4) is 0 Å². The molecule has 182 valence electrons. The van der Waals surface area contributed by atoms with Crippen molar-refractivity contribution in [3.05, 3.63) is 86.9 Å². The number of amides is 2. The number of methoxy groups -OCH3 is 1. The van der Waals surface area contributed by atoms with Crippen molar-refractivity contribution < 1.29 is 14.3 Å². The molecule has 0 bridgehead atoms. The van der Waals surface area contributed by atoms with Gasteiger partial charge in [0.1, 0.15) is 10.1 Å². The quantitative estimate of drug-likeness (QED) is 0.211. The van der Waals surface area contributed by atoms with E-state index in [9.17, 15) is 9.59 Å². The molecule has 2 atom stereocenters. The summed E-state index contributed by atoms with van der Waals surface area (Å²) in [6, 6.07) is 16.4. The van der Waals surface area contributed by atoms with E-state index in [0.717, 1.165) is 0 Å². The number of rotatable bonds is 7. The lowest BCUT2D eigenvalue weighted by atomic mass is 10.1. The molecule has 0 aliphatic heterocycles. The minimum absolute atomic E-state index is 0.155. The lowest BCUT2D eigenvalue weighted by molar-refractivity contribution is -0.117. The van der Waals surface area contributed by atoms with Gasteiger partial charge in [-0.2, -0.15) is 0 Å². The molecule has 35 heavy (non-hydrogen) atoms. The predicted molar refractivity (Wildman–Crippen MR) is 141 cm³/mol. The summed E-state index contributed by atoms with van der Waals surface area (Å²) in [5.41, 5.74) is 7.17. The van der Waals surface area contributed by atoms with E-state index in [2.05, 4.69) is 16.2 Å². The molecule has 1 fully saturated rings. The molecule has 1 aliphatic carbocycles. The zero-order chi connectivity index (χ0) is 25.3. The van der Waals surface area contributed by atoms with E-state index in [1.54, 1.807) is 55.6 Å². The van der Waals surface area contributed by atoms with Crippen LogP contribution in [0.2, 0.25) is 15.1 Å². The fourth-order valence-corrected chi connectivity index (χ4v) is 5.26. The maximum atomic E-state index is 13.0. The first-order valence-electron chi connectivity index (χ1n) is 10.2. The van der Waals surface area contributed by atoms with E-state index in [-0.39, 0.29) is 10.6 Å². The van der Waals surface area contributed by atoms with Crippen molar-refractivity contribution in [2.45, 2.75) is 10.3 Å². The Hall–Kier alpha value is -2.35. The van der Waals surface area contributed by atoms with Crippen LogP contribution in [0.1, 0.15) is 21.8 Å². The van der Waals surface area contributed by atoms with Gasteiger partial charge in [-0.15, -0.1) is 23.2 Å². The zero-order valence-electron chi connectivity index (χ0n) is 18.0. The Labute approximate surface area is 226 Å². The van der Waals surface area contributed by atoms with E-state index < -0.39 is 28.0 Å². The molecule has 0 aromatic heterocycles. The summed E-state index contributed by atoms with van der Waals surface area (Å²) in [6.45, 7) is 0. The minimum atomic E-state index is -1.33. The second-order valence-corrected chi connectivity index (χ2v) is 10.5. The van der Waals surface area contributed by atoms with E-state index in [1.807, 2.05) is 0 Å². The molecule has 0 radical (unpaired) electrons. The number of carbonyl (C=O) groups is 2. The van der Waals surface area contributed by atoms with Gasteiger partial charge in [0.25, 0.3) is 5.91 Å². The fourth-order valence-electron chi connectivity index (χ4n) is 3.69. The van der Waals surface area contributed by atoms with Gasteiger partial charge >= 0.3 is 0 Å². The van der Waals surface area contributed by atoms with Gasteiger partial charge in [0.15, 0.2) is 0 Å². The number of hydrogen-bond acceptors (Lipinski definition) is 4. The molecule has 1 saturated carbocycles. The summed E-state index contributed by atoms with van der Waals surface area (Å²) in [6.07, 6.45) is 0. The van der Waals surface area contributed by atoms with E-state index in [1.165, 1.54) is 12.1 Å². The maximum Gasteiger partial charge on any atom is 0.271 e. The Balaban J connectivity index is 1.44. The SMILES string of the molecule is COc1ccc(NNC(=O)c2cc(NC(=O)[C@H]3[C@H](c4cc(Cl)cc(Cl)c4)C3(Cl)Cl)ccc2Cl)cc1. The van der Waals surface area contributed by atoms with Gasteiger partial charge in [0.05, 0.1) is 29.3 Å². The molecule has 6 nitrogen and oxygen atoms in total. The van der Waals surface area contributed by atoms with Crippen LogP contribution in [0.4, 0.5) is 11.4 Å². The third-order valence-electron chi connectivity index (χ3n) is 5.47. The van der Waals surface area contributed by atoms with Crippen LogP contribution in [0.5, 0.6) is 5.75 Å². The van der Waals surface area contributed by atoms with Gasteiger partial charge in [-0.25, -0.2) is 0 Å². The molecule has 11 heteroatoms. The van der Waals surface area contributed by atoms with Crippen molar-refractivity contribution in [1.29, 1.82) is 0 Å². The Morgan fingerprint density at radius 2 is 1.51 bits per heavy atom. The Kier molecular flexibility index (Phi) is 7.60. The van der Waals surface area contributed by atoms with Crippen molar-refractivity contribution in [1.82, 2.24) is 5.43 Å². The first-order chi connectivity index (χ1) is 16.6. The molecule has 0 heterocycles. The van der Waals surface area contributed by atoms with Gasteiger partial charge in [-0.3, -0.25) is 20.4 Å². The molecule has 3 aromatic carbocycles. The summed E-state index contributed by atoms with van der Waals surface area (Å²) >= 11 is 31.2. The van der Waals surface area contributed by atoms with Crippen LogP contribution in [0.25, 0.3) is 0 Å². The number of benzene rings is 3. The van der Waals surface area contributed by atoms with Gasteiger partial charge < -0.3 is 10.1 Å². The highest BCUT2D eigenvalue weighted by Gasteiger charge is 2.67. The third-order valence-corrected chi connectivity index (χ3v) is 7.18. The zero-order valence-corrected chi connectivity index (χ0v) is 21.8. The average molecular weight is 574 g/mol. The lowest BCUT2D eigenvalue weighted by Gasteiger charge is -2.12. The molecule has 0 unspecified atom stereocenters. The number of ether oxygens (including phenoxy) is 1. The Bertz CT molecular complexity index is 1260. The highest BCUT2D eigenvalue weighted by Crippen LogP contribution is 2.65. The number of alkyl halides is 2. The van der Waals surface area contributed by atoms with Crippen LogP contribution in [0.15, 0.2) is 60.7 Å². The fraction of sp³-hybridized carbons (Fsp3) is 0.167. The number of hydrazine groups is 1. The van der Waals surface area contributed by atoms with Gasteiger partial charge in [-0.05, 0) is 66.2 Å². The van der Waals surface area contributed by atoms with Crippen LogP contribution in [-0.4, -0.2) is 23.3 Å². The van der Waals surface area contributed by atoms with Crippen molar-refractivity contribution >= 4 is 81.2 Å². The predicted octanol–water partition coefficient (Wildman–Crippen LogP) is 6.94. The van der Waals surface area contributed by atoms with Gasteiger partial charge in [-0.1, -0.05) is 34.8 Å². The van der Waals surface area contributed by atoms with Crippen molar-refractivity contribution in [2.24, 2.45) is 5.92 Å². The van der Waals surface area contributed by atoms with E-state index in [4.69, 9.17) is 62.7 Å². The van der Waals surface area contributed by atoms with Crippen molar-refractivity contribution in [3.8, 4) is 5.75 Å². The Morgan fingerprint density at radius 3 is 2.14 bits per heavy atom. The Morgan fingerprint density at radius 1 is 0.886 bits per heavy atom. The number of halogens is 5. The summed E-state index contributed by atoms with van der Waals surface area (Å²) in [7, 11) is 1.56. The molecule has 0 saturated heterocycles. The molecule has 4 rings (SSSR count). The summed E-state index contributed by atoms with van der Waals surface area (Å²) in [4.78, 5) is 25.7. The molecule has 0 spiro atoms. The maximum absolute atomic E-state index is 13.0. The molecule has 3 aromatic rings. The second-order valence-electron chi connectivity index (χ2n) is 7.82. The van der Waals surface area contributed by atoms with Crippen molar-refractivity contribution in [3.63, 3.8) is 0 Å². The second kappa shape index (κ2) is 10.3. The monoisotopic (exact) mass is 571 g/mol. The largest absolute Gasteiger partial charge is 0.497 e. The van der Waals surface area contributed by atoms with Crippen molar-refractivity contribution in [2.75, 3.05) is 17.9 Å². The molecular weight excluding hydrogens is 556 g/mol. The van der Waals surface area contributed by atoms with Gasteiger partial charge in [0.2, 0.25) is 5.91 Å². The number of carbonyl (C=O) groups excluding carboxylic acids is 2. The number of nitrogens with one attached hydrogen (secondary N) is 3. The third kappa shape index (κ3) is 5.74. The first kappa shape index (κ1) is 25.7. The van der Waals surface area contributed by atoms with Crippen LogP contribution < -0.4 is 20.9 Å². The summed E-state index contributed by atoms with van der Waals surface area (Å²) in [5, 5.41) is 3.79. The first-order valence-corrected chi connectivity index (χ1v) is 12.1. The molecular formula is C24H18Cl5N3O3. The average Bonchev–Trinajstić information content (AvgIpc) is 3.40. The van der Waals surface area contributed by atoms with E-state index in [0.29, 0.717) is 32.7 Å². The summed E-state index contributed by atoms with van der Waals surface area (Å²) in [5.74, 6) is -1.47. The van der Waals surface area contributed by atoms with Crippen LogP contribution in [-0.2, 0) is 4.79 Å². The van der Waals surface area contributed by atoms with Crippen LogP contribution >= 0.6 is 58.0 Å². The molecule has 1 aliphatic rings. The highest BCUT2D eigenvalue weighted by molar-refractivity contribution is 6.53. The minimum Gasteiger partial charge on any atom is -0.497 e. The highest BCUT2D eigenvalue weighted by atomic mass is 35.5. The molecule has 2 amide bonds. The number of anilines is 2. The topological polar surface area (TPSA) is 79.5 Å². The molecule has 3 N–H and O–H groups in total. The number of hydrogen-bond donors (Lipinski definition) is 3. The smallest absolute Gasteiger partial charge is 0.271 e. The van der Waals surface area contributed by atoms with Gasteiger partial charge in [0, 0.05) is 21.7 Å². The lowest BCUT2D eigenvalue weighted by Crippen LogP contribution is -2.29. The standard InChI is InChI=1S/C24H18Cl5N3O3/c1-35-17-5-2-15(3-6-17)31-32-22(33)18-11-16(4-7-19(18)27)30-23(34)21-20(24(21,28)29)12-8-13(25)10-14(26)9-12/h2-11,20-21,31H,1H3,(H,30,34)(H,32,33)/t20-,21+/m0/s1.